The van der Waals surface area contributed by atoms with Gasteiger partial charge < -0.3 is 4.90 Å². The molecule has 120 valence electrons. The molecule has 1 aromatic carbocycles. The van der Waals surface area contributed by atoms with Crippen LogP contribution in [0.25, 0.3) is 15.2 Å². The average Bonchev–Trinajstić information content (AvgIpc) is 3.20. The molecule has 0 saturated heterocycles. The Morgan fingerprint density at radius 3 is 3.00 bits per heavy atom. The zero-order chi connectivity index (χ0) is 16.7. The van der Waals surface area contributed by atoms with Gasteiger partial charge in [-0.3, -0.25) is 14.0 Å². The highest BCUT2D eigenvalue weighted by atomic mass is 32.1. The Balaban J connectivity index is 1.63. The first-order valence-corrected chi connectivity index (χ1v) is 8.88. The minimum atomic E-state index is -0.354. The van der Waals surface area contributed by atoms with Crippen molar-refractivity contribution in [3.63, 3.8) is 0 Å². The first-order valence-electron chi connectivity index (χ1n) is 7.18. The first kappa shape index (κ1) is 15.0. The van der Waals surface area contributed by atoms with Crippen LogP contribution in [-0.4, -0.2) is 32.2 Å². The Bertz CT molecular complexity index is 1080. The third kappa shape index (κ3) is 2.49. The SMILES string of the molecule is CN(Cc1nc2ccccc2s1)C(=O)c1cnc2sccn2c1=O. The number of hydrogen-bond donors (Lipinski definition) is 0. The predicted molar refractivity (Wildman–Crippen MR) is 94.8 cm³/mol. The van der Waals surface area contributed by atoms with Gasteiger partial charge in [0.25, 0.3) is 11.5 Å². The third-order valence-electron chi connectivity index (χ3n) is 3.63. The second-order valence-corrected chi connectivity index (χ2v) is 7.26. The fraction of sp³-hybridized carbons (Fsp3) is 0.125. The Morgan fingerprint density at radius 1 is 1.33 bits per heavy atom. The van der Waals surface area contributed by atoms with Crippen LogP contribution in [0.5, 0.6) is 0 Å². The Kier molecular flexibility index (Phi) is 3.62. The predicted octanol–water partition coefficient (Wildman–Crippen LogP) is 2.64. The van der Waals surface area contributed by atoms with Gasteiger partial charge in [0.1, 0.15) is 10.6 Å². The molecule has 1 amide bonds. The number of fused-ring (bicyclic) bond motifs is 2. The molecule has 4 aromatic rings. The molecule has 0 bridgehead atoms. The highest BCUT2D eigenvalue weighted by Crippen LogP contribution is 2.22. The molecule has 0 unspecified atom stereocenters. The Morgan fingerprint density at radius 2 is 2.17 bits per heavy atom. The maximum atomic E-state index is 12.6. The van der Waals surface area contributed by atoms with Crippen LogP contribution in [0.4, 0.5) is 0 Å². The standard InChI is InChI=1S/C16H12N4O2S2/c1-19(9-13-18-11-4-2-3-5-12(11)24-13)14(21)10-8-17-16-20(15(10)22)6-7-23-16/h2-8H,9H2,1H3. The van der Waals surface area contributed by atoms with E-state index < -0.39 is 0 Å². The smallest absolute Gasteiger partial charge is 0.271 e. The van der Waals surface area contributed by atoms with Gasteiger partial charge >= 0.3 is 0 Å². The third-order valence-corrected chi connectivity index (χ3v) is 5.42. The molecular weight excluding hydrogens is 344 g/mol. The fourth-order valence-electron chi connectivity index (χ4n) is 2.44. The number of benzene rings is 1. The highest BCUT2D eigenvalue weighted by molar-refractivity contribution is 7.18. The van der Waals surface area contributed by atoms with E-state index in [0.29, 0.717) is 11.5 Å². The monoisotopic (exact) mass is 356 g/mol. The molecule has 0 aliphatic heterocycles. The van der Waals surface area contributed by atoms with E-state index in [4.69, 9.17) is 0 Å². The topological polar surface area (TPSA) is 67.6 Å². The van der Waals surface area contributed by atoms with Crippen molar-refractivity contribution in [3.8, 4) is 0 Å². The van der Waals surface area contributed by atoms with Gasteiger partial charge in [-0.15, -0.1) is 22.7 Å². The van der Waals surface area contributed by atoms with Gasteiger partial charge in [0.05, 0.1) is 16.8 Å². The molecule has 24 heavy (non-hydrogen) atoms. The maximum Gasteiger partial charge on any atom is 0.271 e. The normalized spacial score (nSPS) is 11.2. The summed E-state index contributed by atoms with van der Waals surface area (Å²) in [5, 5.41) is 2.60. The largest absolute Gasteiger partial charge is 0.335 e. The molecule has 3 aromatic heterocycles. The number of para-hydroxylation sites is 1. The zero-order valence-corrected chi connectivity index (χ0v) is 14.3. The van der Waals surface area contributed by atoms with E-state index in [2.05, 4.69) is 9.97 Å². The molecule has 0 spiro atoms. The molecule has 8 heteroatoms. The molecule has 0 fully saturated rings. The van der Waals surface area contributed by atoms with Crippen LogP contribution in [-0.2, 0) is 6.54 Å². The average molecular weight is 356 g/mol. The van der Waals surface area contributed by atoms with Gasteiger partial charge in [-0.25, -0.2) is 9.97 Å². The number of rotatable bonds is 3. The maximum absolute atomic E-state index is 12.6. The molecule has 3 heterocycles. The first-order chi connectivity index (χ1) is 11.6. The lowest BCUT2D eigenvalue weighted by molar-refractivity contribution is 0.0782. The second kappa shape index (κ2) is 5.81. The summed E-state index contributed by atoms with van der Waals surface area (Å²) in [5.41, 5.74) is 0.636. The van der Waals surface area contributed by atoms with Crippen molar-refractivity contribution in [2.75, 3.05) is 7.05 Å². The van der Waals surface area contributed by atoms with Crippen LogP contribution in [0.2, 0.25) is 0 Å². The van der Waals surface area contributed by atoms with Crippen LogP contribution in [0.1, 0.15) is 15.4 Å². The van der Waals surface area contributed by atoms with Crippen LogP contribution < -0.4 is 5.56 Å². The lowest BCUT2D eigenvalue weighted by atomic mass is 10.3. The second-order valence-electron chi connectivity index (χ2n) is 5.27. The van der Waals surface area contributed by atoms with E-state index in [9.17, 15) is 9.59 Å². The van der Waals surface area contributed by atoms with Gasteiger partial charge in [-0.05, 0) is 12.1 Å². The van der Waals surface area contributed by atoms with Gasteiger partial charge in [0.2, 0.25) is 0 Å². The van der Waals surface area contributed by atoms with E-state index in [-0.39, 0.29) is 17.0 Å². The molecule has 6 nitrogen and oxygen atoms in total. The van der Waals surface area contributed by atoms with E-state index in [1.807, 2.05) is 24.3 Å². The van der Waals surface area contributed by atoms with Crippen molar-refractivity contribution in [1.29, 1.82) is 0 Å². The molecule has 0 N–H and O–H groups in total. The van der Waals surface area contributed by atoms with E-state index in [1.54, 1.807) is 30.0 Å². The fourth-order valence-corrected chi connectivity index (χ4v) is 4.14. The summed E-state index contributed by atoms with van der Waals surface area (Å²) >= 11 is 2.90. The summed E-state index contributed by atoms with van der Waals surface area (Å²) in [6.45, 7) is 0.351. The number of nitrogens with zero attached hydrogens (tertiary/aromatic N) is 4. The van der Waals surface area contributed by atoms with Crippen molar-refractivity contribution < 1.29 is 4.79 Å². The van der Waals surface area contributed by atoms with Gasteiger partial charge in [-0.2, -0.15) is 0 Å². The van der Waals surface area contributed by atoms with Crippen molar-refractivity contribution in [2.24, 2.45) is 0 Å². The number of hydrogen-bond acceptors (Lipinski definition) is 6. The van der Waals surface area contributed by atoms with Crippen molar-refractivity contribution in [1.82, 2.24) is 19.3 Å². The number of amides is 1. The van der Waals surface area contributed by atoms with Crippen molar-refractivity contribution in [3.05, 3.63) is 63.0 Å². The molecule has 0 saturated carbocycles. The summed E-state index contributed by atoms with van der Waals surface area (Å²) < 4.78 is 2.47. The van der Waals surface area contributed by atoms with Crippen LogP contribution in [0.15, 0.2) is 46.8 Å². The van der Waals surface area contributed by atoms with E-state index in [1.165, 1.54) is 26.8 Å². The van der Waals surface area contributed by atoms with Crippen LogP contribution in [0, 0.1) is 0 Å². The Hall–Kier alpha value is -2.58. The highest BCUT2D eigenvalue weighted by Gasteiger charge is 2.19. The molecule has 4 rings (SSSR count). The van der Waals surface area contributed by atoms with Gasteiger partial charge in [-0.1, -0.05) is 12.1 Å². The van der Waals surface area contributed by atoms with E-state index >= 15 is 0 Å². The lowest BCUT2D eigenvalue weighted by Crippen LogP contribution is -2.32. The van der Waals surface area contributed by atoms with Gasteiger partial charge in [0.15, 0.2) is 4.96 Å². The minimum absolute atomic E-state index is 0.0644. The number of carbonyl (C=O) groups is 1. The van der Waals surface area contributed by atoms with E-state index in [0.717, 1.165) is 15.2 Å². The van der Waals surface area contributed by atoms with Crippen LogP contribution in [0.3, 0.4) is 0 Å². The van der Waals surface area contributed by atoms with Gasteiger partial charge in [0, 0.05) is 24.8 Å². The number of aromatic nitrogens is 3. The Labute approximate surface area is 144 Å². The number of thiazole rings is 2. The minimum Gasteiger partial charge on any atom is -0.335 e. The molecular formula is C16H12N4O2S2. The van der Waals surface area contributed by atoms with Crippen molar-refractivity contribution in [2.45, 2.75) is 6.54 Å². The van der Waals surface area contributed by atoms with Crippen LogP contribution >= 0.6 is 22.7 Å². The zero-order valence-electron chi connectivity index (χ0n) is 12.7. The molecule has 0 atom stereocenters. The number of carbonyl (C=O) groups excluding carboxylic acids is 1. The molecule has 0 aliphatic carbocycles. The summed E-state index contributed by atoms with van der Waals surface area (Å²) in [5.74, 6) is -0.354. The summed E-state index contributed by atoms with van der Waals surface area (Å²) in [4.78, 5) is 35.8. The molecule has 0 radical (unpaired) electrons. The lowest BCUT2D eigenvalue weighted by Gasteiger charge is -2.14. The molecule has 0 aliphatic rings. The summed E-state index contributed by atoms with van der Waals surface area (Å²) in [6.07, 6.45) is 2.98. The summed E-state index contributed by atoms with van der Waals surface area (Å²) in [7, 11) is 1.66. The van der Waals surface area contributed by atoms with Crippen molar-refractivity contribution >= 4 is 43.8 Å². The quantitative estimate of drug-likeness (QED) is 0.566. The summed E-state index contributed by atoms with van der Waals surface area (Å²) in [6, 6.07) is 7.84.